The molecule has 30 heavy (non-hydrogen) atoms. The third-order valence-corrected chi connectivity index (χ3v) is 4.68. The first-order chi connectivity index (χ1) is 14.6. The Morgan fingerprint density at radius 3 is 2.50 bits per heavy atom. The number of rotatable bonds is 5. The number of aryl methyl sites for hydroxylation is 1. The molecule has 2 N–H and O–H groups in total. The molecule has 0 aliphatic carbocycles. The molecule has 0 bridgehead atoms. The molecule has 0 aliphatic heterocycles. The molecule has 4 rings (SSSR count). The third-order valence-electron chi connectivity index (χ3n) is 4.68. The number of pyridine rings is 2. The Balaban J connectivity index is 1.48. The smallest absolute Gasteiger partial charge is 0.257 e. The number of nitrogens with one attached hydrogen (secondary N) is 2. The summed E-state index contributed by atoms with van der Waals surface area (Å²) >= 11 is 0. The van der Waals surface area contributed by atoms with Crippen molar-refractivity contribution in [1.29, 1.82) is 0 Å². The monoisotopic (exact) mass is 396 g/mol. The Labute approximate surface area is 174 Å². The average Bonchev–Trinajstić information content (AvgIpc) is 2.78. The molecule has 2 amide bonds. The Morgan fingerprint density at radius 2 is 1.67 bits per heavy atom. The van der Waals surface area contributed by atoms with Crippen LogP contribution in [-0.2, 0) is 6.54 Å². The van der Waals surface area contributed by atoms with Gasteiger partial charge >= 0.3 is 0 Å². The lowest BCUT2D eigenvalue weighted by Crippen LogP contribution is -2.23. The van der Waals surface area contributed by atoms with Crippen LogP contribution in [0.1, 0.15) is 31.8 Å². The van der Waals surface area contributed by atoms with Gasteiger partial charge in [-0.3, -0.25) is 19.6 Å². The molecule has 0 aliphatic rings. The van der Waals surface area contributed by atoms with Crippen molar-refractivity contribution in [2.24, 2.45) is 0 Å². The number of amides is 2. The normalized spacial score (nSPS) is 10.6. The number of anilines is 1. The number of hydrogen-bond donors (Lipinski definition) is 2. The zero-order chi connectivity index (χ0) is 20.9. The van der Waals surface area contributed by atoms with E-state index in [0.29, 0.717) is 28.9 Å². The van der Waals surface area contributed by atoms with E-state index in [2.05, 4.69) is 20.6 Å². The minimum Gasteiger partial charge on any atom is -0.348 e. The molecular formula is C24H20N4O2. The number of aromatic nitrogens is 2. The van der Waals surface area contributed by atoms with Crippen LogP contribution in [0.4, 0.5) is 5.69 Å². The lowest BCUT2D eigenvalue weighted by Gasteiger charge is -2.09. The standard InChI is InChI=1S/C24H20N4O2/c1-16-5-2-6-17(11-16)13-27-23(29)19-12-20(15-25-14-19)24(30)28-21-9-3-7-18-8-4-10-26-22(18)21/h2-12,14-15H,13H2,1H3,(H,27,29)(H,28,30). The molecule has 6 heteroatoms. The molecule has 0 unspecified atom stereocenters. The van der Waals surface area contributed by atoms with Gasteiger partial charge in [0.15, 0.2) is 0 Å². The summed E-state index contributed by atoms with van der Waals surface area (Å²) in [5, 5.41) is 6.65. The topological polar surface area (TPSA) is 84.0 Å². The molecule has 0 saturated carbocycles. The molecule has 4 aromatic rings. The maximum Gasteiger partial charge on any atom is 0.257 e. The van der Waals surface area contributed by atoms with Crippen LogP contribution >= 0.6 is 0 Å². The second kappa shape index (κ2) is 8.53. The van der Waals surface area contributed by atoms with Gasteiger partial charge in [-0.05, 0) is 30.7 Å². The van der Waals surface area contributed by atoms with Crippen LogP contribution in [0.5, 0.6) is 0 Å². The fourth-order valence-corrected chi connectivity index (χ4v) is 3.19. The number of hydrogen-bond acceptors (Lipinski definition) is 4. The summed E-state index contributed by atoms with van der Waals surface area (Å²) in [4.78, 5) is 33.7. The molecule has 0 fully saturated rings. The molecule has 0 saturated heterocycles. The van der Waals surface area contributed by atoms with Gasteiger partial charge in [0.25, 0.3) is 11.8 Å². The van der Waals surface area contributed by atoms with E-state index < -0.39 is 0 Å². The van der Waals surface area contributed by atoms with Gasteiger partial charge in [0, 0.05) is 30.5 Å². The first-order valence-electron chi connectivity index (χ1n) is 9.54. The Kier molecular flexibility index (Phi) is 5.48. The minimum absolute atomic E-state index is 0.287. The Morgan fingerprint density at radius 1 is 0.900 bits per heavy atom. The molecule has 0 radical (unpaired) electrons. The summed E-state index contributed by atoms with van der Waals surface area (Å²) in [7, 11) is 0. The van der Waals surface area contributed by atoms with E-state index in [-0.39, 0.29) is 11.8 Å². The number of carbonyl (C=O) groups excluding carboxylic acids is 2. The van der Waals surface area contributed by atoms with Crippen LogP contribution in [0.15, 0.2) is 79.3 Å². The lowest BCUT2D eigenvalue weighted by atomic mass is 10.1. The predicted molar refractivity (Wildman–Crippen MR) is 116 cm³/mol. The first kappa shape index (κ1) is 19.3. The minimum atomic E-state index is -0.353. The van der Waals surface area contributed by atoms with Gasteiger partial charge in [-0.2, -0.15) is 0 Å². The molecule has 0 atom stereocenters. The van der Waals surface area contributed by atoms with E-state index in [4.69, 9.17) is 0 Å². The fraction of sp³-hybridized carbons (Fsp3) is 0.0833. The Bertz CT molecular complexity index is 1230. The van der Waals surface area contributed by atoms with Gasteiger partial charge in [0.2, 0.25) is 0 Å². The van der Waals surface area contributed by atoms with Crippen LogP contribution in [-0.4, -0.2) is 21.8 Å². The van der Waals surface area contributed by atoms with Crippen molar-refractivity contribution in [2.45, 2.75) is 13.5 Å². The van der Waals surface area contributed by atoms with Gasteiger partial charge in [0.05, 0.1) is 22.3 Å². The highest BCUT2D eigenvalue weighted by molar-refractivity contribution is 6.09. The molecule has 2 heterocycles. The largest absolute Gasteiger partial charge is 0.348 e. The van der Waals surface area contributed by atoms with Gasteiger partial charge in [-0.15, -0.1) is 0 Å². The number of nitrogens with zero attached hydrogens (tertiary/aromatic N) is 2. The van der Waals surface area contributed by atoms with Crippen molar-refractivity contribution in [3.8, 4) is 0 Å². The number of fused-ring (bicyclic) bond motifs is 1. The number of carbonyl (C=O) groups is 2. The number of para-hydroxylation sites is 1. The predicted octanol–water partition coefficient (Wildman–Crippen LogP) is 4.12. The Hall–Kier alpha value is -4.06. The zero-order valence-corrected chi connectivity index (χ0v) is 16.4. The summed E-state index contributed by atoms with van der Waals surface area (Å²) in [6.07, 6.45) is 4.56. The van der Waals surface area contributed by atoms with Crippen LogP contribution in [0.2, 0.25) is 0 Å². The van der Waals surface area contributed by atoms with Crippen molar-refractivity contribution >= 4 is 28.4 Å². The summed E-state index contributed by atoms with van der Waals surface area (Å²) in [5.74, 6) is -0.639. The van der Waals surface area contributed by atoms with Gasteiger partial charge < -0.3 is 10.6 Å². The lowest BCUT2D eigenvalue weighted by molar-refractivity contribution is 0.0950. The second-order valence-electron chi connectivity index (χ2n) is 6.97. The van der Waals surface area contributed by atoms with Crippen molar-refractivity contribution in [3.63, 3.8) is 0 Å². The van der Waals surface area contributed by atoms with Gasteiger partial charge in [-0.1, -0.05) is 48.0 Å². The van der Waals surface area contributed by atoms with Gasteiger partial charge in [-0.25, -0.2) is 0 Å². The SMILES string of the molecule is Cc1cccc(CNC(=O)c2cncc(C(=O)Nc3cccc4cccnc34)c2)c1. The van der Waals surface area contributed by atoms with Gasteiger partial charge in [0.1, 0.15) is 0 Å². The summed E-state index contributed by atoms with van der Waals surface area (Å²) in [5.41, 5.74) is 4.07. The molecule has 0 spiro atoms. The first-order valence-corrected chi connectivity index (χ1v) is 9.54. The van der Waals surface area contributed by atoms with Crippen molar-refractivity contribution in [3.05, 3.63) is 102 Å². The summed E-state index contributed by atoms with van der Waals surface area (Å²) in [6, 6.07) is 18.8. The maximum absolute atomic E-state index is 12.7. The van der Waals surface area contributed by atoms with Crippen molar-refractivity contribution < 1.29 is 9.59 Å². The van der Waals surface area contributed by atoms with E-state index in [9.17, 15) is 9.59 Å². The van der Waals surface area contributed by atoms with Crippen molar-refractivity contribution in [1.82, 2.24) is 15.3 Å². The third kappa shape index (κ3) is 4.33. The zero-order valence-electron chi connectivity index (χ0n) is 16.4. The van der Waals surface area contributed by atoms with Crippen LogP contribution in [0.25, 0.3) is 10.9 Å². The van der Waals surface area contributed by atoms with E-state index in [1.807, 2.05) is 55.5 Å². The van der Waals surface area contributed by atoms with E-state index in [1.165, 1.54) is 18.5 Å². The van der Waals surface area contributed by atoms with E-state index >= 15 is 0 Å². The van der Waals surface area contributed by atoms with Crippen molar-refractivity contribution in [2.75, 3.05) is 5.32 Å². The highest BCUT2D eigenvalue weighted by atomic mass is 16.2. The van der Waals surface area contributed by atoms with Crippen LogP contribution in [0.3, 0.4) is 0 Å². The fourth-order valence-electron chi connectivity index (χ4n) is 3.19. The maximum atomic E-state index is 12.7. The van der Waals surface area contributed by atoms with Crippen LogP contribution < -0.4 is 10.6 Å². The quantitative estimate of drug-likeness (QED) is 0.531. The average molecular weight is 396 g/mol. The molecular weight excluding hydrogens is 376 g/mol. The van der Waals surface area contributed by atoms with E-state index in [1.54, 1.807) is 12.3 Å². The summed E-state index contributed by atoms with van der Waals surface area (Å²) in [6.45, 7) is 2.40. The highest BCUT2D eigenvalue weighted by Crippen LogP contribution is 2.21. The van der Waals surface area contributed by atoms with E-state index in [0.717, 1.165) is 16.5 Å². The second-order valence-corrected chi connectivity index (χ2v) is 6.97. The molecule has 6 nitrogen and oxygen atoms in total. The molecule has 2 aromatic carbocycles. The highest BCUT2D eigenvalue weighted by Gasteiger charge is 2.13. The molecule has 148 valence electrons. The number of benzene rings is 2. The summed E-state index contributed by atoms with van der Waals surface area (Å²) < 4.78 is 0. The molecule has 2 aromatic heterocycles. The van der Waals surface area contributed by atoms with Crippen LogP contribution in [0, 0.1) is 6.92 Å².